The van der Waals surface area contributed by atoms with Gasteiger partial charge in [-0.1, -0.05) is 6.07 Å². The van der Waals surface area contributed by atoms with Gasteiger partial charge in [0.05, 0.1) is 14.2 Å². The topological polar surface area (TPSA) is 53.7 Å². The van der Waals surface area contributed by atoms with Gasteiger partial charge in [0.25, 0.3) is 0 Å². The van der Waals surface area contributed by atoms with Crippen LogP contribution in [0, 0.1) is 6.92 Å². The van der Waals surface area contributed by atoms with Gasteiger partial charge < -0.3 is 19.9 Å². The van der Waals surface area contributed by atoms with E-state index in [0.29, 0.717) is 23.8 Å². The standard InChI is InChI=1S/C16H19NO3/c1-11-4-6-15(16(8-11)19-3)20-10-12-9-13(17)5-7-14(12)18-2/h4-9H,10,17H2,1-3H3. The fourth-order valence-electron chi connectivity index (χ4n) is 1.96. The van der Waals surface area contributed by atoms with Crippen molar-refractivity contribution < 1.29 is 14.2 Å². The molecule has 4 nitrogen and oxygen atoms in total. The highest BCUT2D eigenvalue weighted by atomic mass is 16.5. The van der Waals surface area contributed by atoms with Crippen LogP contribution >= 0.6 is 0 Å². The molecule has 0 bridgehead atoms. The average molecular weight is 273 g/mol. The maximum atomic E-state index is 5.81. The molecule has 0 atom stereocenters. The number of hydrogen-bond acceptors (Lipinski definition) is 4. The van der Waals surface area contributed by atoms with E-state index in [9.17, 15) is 0 Å². The van der Waals surface area contributed by atoms with Crippen LogP contribution in [0.15, 0.2) is 36.4 Å². The number of benzene rings is 2. The van der Waals surface area contributed by atoms with Crippen molar-refractivity contribution in [2.45, 2.75) is 13.5 Å². The highest BCUT2D eigenvalue weighted by molar-refractivity contribution is 5.48. The Hall–Kier alpha value is -2.36. The van der Waals surface area contributed by atoms with Gasteiger partial charge in [0.1, 0.15) is 12.4 Å². The van der Waals surface area contributed by atoms with Crippen LogP contribution in [-0.2, 0) is 6.61 Å². The van der Waals surface area contributed by atoms with Crippen molar-refractivity contribution in [3.8, 4) is 17.2 Å². The first-order valence-electron chi connectivity index (χ1n) is 6.34. The molecule has 0 heterocycles. The first kappa shape index (κ1) is 14.1. The van der Waals surface area contributed by atoms with Crippen LogP contribution in [0.2, 0.25) is 0 Å². The molecule has 2 aromatic rings. The van der Waals surface area contributed by atoms with Gasteiger partial charge in [0.2, 0.25) is 0 Å². The van der Waals surface area contributed by atoms with E-state index >= 15 is 0 Å². The van der Waals surface area contributed by atoms with E-state index in [-0.39, 0.29) is 0 Å². The molecule has 20 heavy (non-hydrogen) atoms. The number of nitrogen functional groups attached to an aromatic ring is 1. The number of hydrogen-bond donors (Lipinski definition) is 1. The number of nitrogens with two attached hydrogens (primary N) is 1. The largest absolute Gasteiger partial charge is 0.496 e. The fourth-order valence-corrected chi connectivity index (χ4v) is 1.96. The molecular weight excluding hydrogens is 254 g/mol. The van der Waals surface area contributed by atoms with E-state index < -0.39 is 0 Å². The number of ether oxygens (including phenoxy) is 3. The van der Waals surface area contributed by atoms with Crippen molar-refractivity contribution in [2.75, 3.05) is 20.0 Å². The predicted octanol–water partition coefficient (Wildman–Crippen LogP) is 3.17. The van der Waals surface area contributed by atoms with Crippen LogP contribution in [0.4, 0.5) is 5.69 Å². The zero-order valence-electron chi connectivity index (χ0n) is 12.0. The number of methoxy groups -OCH3 is 2. The van der Waals surface area contributed by atoms with E-state index in [1.54, 1.807) is 20.3 Å². The molecule has 2 aromatic carbocycles. The molecule has 106 valence electrons. The Balaban J connectivity index is 2.18. The first-order chi connectivity index (χ1) is 9.63. The van der Waals surface area contributed by atoms with Gasteiger partial charge in [0.15, 0.2) is 11.5 Å². The maximum Gasteiger partial charge on any atom is 0.161 e. The number of rotatable bonds is 5. The SMILES string of the molecule is COc1ccc(N)cc1COc1ccc(C)cc1OC. The highest BCUT2D eigenvalue weighted by Crippen LogP contribution is 2.30. The molecule has 0 aliphatic heterocycles. The minimum Gasteiger partial charge on any atom is -0.496 e. The lowest BCUT2D eigenvalue weighted by Gasteiger charge is -2.13. The van der Waals surface area contributed by atoms with Crippen molar-refractivity contribution in [1.29, 1.82) is 0 Å². The molecule has 4 heteroatoms. The summed E-state index contributed by atoms with van der Waals surface area (Å²) in [6, 6.07) is 11.3. The first-order valence-corrected chi connectivity index (χ1v) is 6.34. The quantitative estimate of drug-likeness (QED) is 0.850. The molecule has 2 N–H and O–H groups in total. The molecule has 0 aromatic heterocycles. The van der Waals surface area contributed by atoms with Gasteiger partial charge >= 0.3 is 0 Å². The van der Waals surface area contributed by atoms with Crippen LogP contribution in [-0.4, -0.2) is 14.2 Å². The predicted molar refractivity (Wildman–Crippen MR) is 79.5 cm³/mol. The maximum absolute atomic E-state index is 5.81. The second-order valence-electron chi connectivity index (χ2n) is 4.51. The molecule has 2 rings (SSSR count). The van der Waals surface area contributed by atoms with Crippen molar-refractivity contribution in [3.63, 3.8) is 0 Å². The molecule has 0 amide bonds. The van der Waals surface area contributed by atoms with Gasteiger partial charge in [-0.25, -0.2) is 0 Å². The van der Waals surface area contributed by atoms with Crippen molar-refractivity contribution >= 4 is 5.69 Å². The Labute approximate surface area is 119 Å². The Kier molecular flexibility index (Phi) is 4.35. The summed E-state index contributed by atoms with van der Waals surface area (Å²) in [7, 11) is 3.25. The van der Waals surface area contributed by atoms with Crippen LogP contribution in [0.5, 0.6) is 17.2 Å². The minimum absolute atomic E-state index is 0.369. The second-order valence-corrected chi connectivity index (χ2v) is 4.51. The Morgan fingerprint density at radius 1 is 0.900 bits per heavy atom. The minimum atomic E-state index is 0.369. The number of aryl methyl sites for hydroxylation is 1. The zero-order valence-corrected chi connectivity index (χ0v) is 12.0. The molecule has 0 aliphatic rings. The van der Waals surface area contributed by atoms with E-state index in [4.69, 9.17) is 19.9 Å². The third-order valence-corrected chi connectivity index (χ3v) is 3.01. The van der Waals surface area contributed by atoms with Crippen LogP contribution in [0.25, 0.3) is 0 Å². The summed E-state index contributed by atoms with van der Waals surface area (Å²) >= 11 is 0. The second kappa shape index (κ2) is 6.19. The lowest BCUT2D eigenvalue weighted by atomic mass is 10.2. The zero-order chi connectivity index (χ0) is 14.5. The molecule has 0 radical (unpaired) electrons. The van der Waals surface area contributed by atoms with E-state index in [1.165, 1.54) is 0 Å². The van der Waals surface area contributed by atoms with Gasteiger partial charge in [-0.15, -0.1) is 0 Å². The highest BCUT2D eigenvalue weighted by Gasteiger charge is 2.08. The summed E-state index contributed by atoms with van der Waals surface area (Å²) < 4.78 is 16.4. The van der Waals surface area contributed by atoms with Crippen molar-refractivity contribution in [1.82, 2.24) is 0 Å². The number of anilines is 1. The average Bonchev–Trinajstić information content (AvgIpc) is 2.46. The molecule has 0 fully saturated rings. The lowest BCUT2D eigenvalue weighted by molar-refractivity contribution is 0.278. The summed E-state index contributed by atoms with van der Waals surface area (Å²) in [6.07, 6.45) is 0. The molecule has 0 saturated carbocycles. The van der Waals surface area contributed by atoms with Gasteiger partial charge in [-0.05, 0) is 42.8 Å². The molecular formula is C16H19NO3. The van der Waals surface area contributed by atoms with Gasteiger partial charge in [0, 0.05) is 11.3 Å². The fraction of sp³-hybridized carbons (Fsp3) is 0.250. The Morgan fingerprint density at radius 3 is 2.30 bits per heavy atom. The Bertz CT molecular complexity index is 596. The molecule has 0 aliphatic carbocycles. The molecule has 0 unspecified atom stereocenters. The summed E-state index contributed by atoms with van der Waals surface area (Å²) in [4.78, 5) is 0. The van der Waals surface area contributed by atoms with Crippen LogP contribution < -0.4 is 19.9 Å². The van der Waals surface area contributed by atoms with E-state index in [1.807, 2.05) is 37.3 Å². The van der Waals surface area contributed by atoms with Gasteiger partial charge in [-0.3, -0.25) is 0 Å². The van der Waals surface area contributed by atoms with Crippen LogP contribution in [0.1, 0.15) is 11.1 Å². The third-order valence-electron chi connectivity index (χ3n) is 3.01. The third kappa shape index (κ3) is 3.15. The summed E-state index contributed by atoms with van der Waals surface area (Å²) in [5.41, 5.74) is 8.49. The molecule has 0 spiro atoms. The van der Waals surface area contributed by atoms with Gasteiger partial charge in [-0.2, -0.15) is 0 Å². The Morgan fingerprint density at radius 2 is 1.60 bits per heavy atom. The monoisotopic (exact) mass is 273 g/mol. The van der Waals surface area contributed by atoms with Crippen LogP contribution in [0.3, 0.4) is 0 Å². The van der Waals surface area contributed by atoms with E-state index in [2.05, 4.69) is 0 Å². The smallest absolute Gasteiger partial charge is 0.161 e. The van der Waals surface area contributed by atoms with Crippen molar-refractivity contribution in [3.05, 3.63) is 47.5 Å². The van der Waals surface area contributed by atoms with Crippen molar-refractivity contribution in [2.24, 2.45) is 0 Å². The van der Waals surface area contributed by atoms with E-state index in [0.717, 1.165) is 16.9 Å². The molecule has 0 saturated heterocycles. The summed E-state index contributed by atoms with van der Waals surface area (Å²) in [5.74, 6) is 2.17. The summed E-state index contributed by atoms with van der Waals surface area (Å²) in [6.45, 7) is 2.38. The summed E-state index contributed by atoms with van der Waals surface area (Å²) in [5, 5.41) is 0. The normalized spacial score (nSPS) is 10.2. The lowest BCUT2D eigenvalue weighted by Crippen LogP contribution is -2.01.